The molecule has 1 N–H and O–H groups in total. The highest BCUT2D eigenvalue weighted by Crippen LogP contribution is 2.45. The van der Waals surface area contributed by atoms with E-state index in [2.05, 4.69) is 50.2 Å². The quantitative estimate of drug-likeness (QED) is 0.589. The molecule has 5 heteroatoms. The number of rotatable bonds is 4. The lowest BCUT2D eigenvalue weighted by Crippen LogP contribution is -2.45. The van der Waals surface area contributed by atoms with Crippen molar-refractivity contribution >= 4 is 17.7 Å². The van der Waals surface area contributed by atoms with Crippen molar-refractivity contribution < 1.29 is 9.53 Å². The third kappa shape index (κ3) is 4.42. The summed E-state index contributed by atoms with van der Waals surface area (Å²) in [4.78, 5) is 15.0. The predicted molar refractivity (Wildman–Crippen MR) is 117 cm³/mol. The number of benzene rings is 1. The lowest BCUT2D eigenvalue weighted by atomic mass is 9.80. The number of carbonyl (C=O) groups is 1. The largest absolute Gasteiger partial charge is 0.496 e. The fourth-order valence-corrected chi connectivity index (χ4v) is 4.71. The van der Waals surface area contributed by atoms with Crippen LogP contribution in [0.3, 0.4) is 0 Å². The Kier molecular flexibility index (Phi) is 6.21. The zero-order chi connectivity index (χ0) is 21.2. The Hall–Kier alpha value is -2.48. The molecule has 1 atom stereocenters. The van der Waals surface area contributed by atoms with Crippen molar-refractivity contribution in [3.63, 3.8) is 0 Å². The maximum absolute atomic E-state index is 12.7. The first kappa shape index (κ1) is 21.2. The van der Waals surface area contributed by atoms with Crippen molar-refractivity contribution in [3.8, 4) is 11.8 Å². The molecule has 3 rings (SSSR count). The molecule has 1 aromatic rings. The van der Waals surface area contributed by atoms with Crippen molar-refractivity contribution in [3.05, 3.63) is 28.8 Å². The van der Waals surface area contributed by atoms with Crippen LogP contribution in [0.15, 0.2) is 17.7 Å². The average Bonchev–Trinajstić information content (AvgIpc) is 2.70. The number of carbonyl (C=O) groups excluding carboxylic acids is 1. The first-order valence-corrected chi connectivity index (χ1v) is 10.6. The van der Waals surface area contributed by atoms with Crippen LogP contribution in [0.1, 0.15) is 76.3 Å². The summed E-state index contributed by atoms with van der Waals surface area (Å²) in [6.07, 6.45) is 8.19. The molecular weight excluding hydrogens is 362 g/mol. The van der Waals surface area contributed by atoms with Gasteiger partial charge in [-0.15, -0.1) is 0 Å². The smallest absolute Gasteiger partial charge is 0.262 e. The molecule has 0 spiro atoms. The molecule has 1 unspecified atom stereocenters. The molecule has 2 aliphatic rings. The molecule has 1 aromatic carbocycles. The van der Waals surface area contributed by atoms with Crippen LogP contribution >= 0.6 is 0 Å². The standard InChI is InChI=1S/C24H33N3O2/c1-16-14-24(2,3)27(4)21-13-22(29-5)17(12-20(16)21)11-18(15-25)23(28)26-19-9-7-6-8-10-19/h11-13,16,19H,6-10,14H2,1-5H3,(H,26,28)/b18-11+. The van der Waals surface area contributed by atoms with Gasteiger partial charge in [-0.2, -0.15) is 5.26 Å². The highest BCUT2D eigenvalue weighted by Gasteiger charge is 2.34. The number of fused-ring (bicyclic) bond motifs is 1. The van der Waals surface area contributed by atoms with Gasteiger partial charge in [-0.3, -0.25) is 4.79 Å². The number of anilines is 1. The van der Waals surface area contributed by atoms with Gasteiger partial charge >= 0.3 is 0 Å². The third-order valence-electron chi connectivity index (χ3n) is 6.59. The Labute approximate surface area is 174 Å². The number of nitriles is 1. The van der Waals surface area contributed by atoms with E-state index < -0.39 is 0 Å². The van der Waals surface area contributed by atoms with Crippen molar-refractivity contribution in [2.75, 3.05) is 19.1 Å². The minimum atomic E-state index is -0.287. The van der Waals surface area contributed by atoms with E-state index in [1.54, 1.807) is 13.2 Å². The van der Waals surface area contributed by atoms with Gasteiger partial charge < -0.3 is 15.0 Å². The number of nitrogens with one attached hydrogen (secondary N) is 1. The zero-order valence-corrected chi connectivity index (χ0v) is 18.3. The minimum absolute atomic E-state index is 0.0620. The Morgan fingerprint density at radius 3 is 2.62 bits per heavy atom. The van der Waals surface area contributed by atoms with Crippen LogP contribution in [0, 0.1) is 11.3 Å². The molecule has 1 saturated carbocycles. The van der Waals surface area contributed by atoms with Crippen molar-refractivity contribution in [2.24, 2.45) is 0 Å². The van der Waals surface area contributed by atoms with Crippen LogP contribution in [0.4, 0.5) is 5.69 Å². The summed E-state index contributed by atoms with van der Waals surface area (Å²) >= 11 is 0. The van der Waals surface area contributed by atoms with Gasteiger partial charge in [-0.25, -0.2) is 0 Å². The summed E-state index contributed by atoms with van der Waals surface area (Å²) in [5.74, 6) is 0.778. The number of hydrogen-bond acceptors (Lipinski definition) is 4. The molecule has 1 fully saturated rings. The summed E-state index contributed by atoms with van der Waals surface area (Å²) in [6, 6.07) is 6.38. The van der Waals surface area contributed by atoms with E-state index in [0.717, 1.165) is 43.4 Å². The number of hydrogen-bond donors (Lipinski definition) is 1. The summed E-state index contributed by atoms with van der Waals surface area (Å²) in [5, 5.41) is 12.7. The maximum Gasteiger partial charge on any atom is 0.262 e. The van der Waals surface area contributed by atoms with Gasteiger partial charge in [0.1, 0.15) is 17.4 Å². The molecule has 156 valence electrons. The fourth-order valence-electron chi connectivity index (χ4n) is 4.71. The fraction of sp³-hybridized carbons (Fsp3) is 0.583. The molecule has 1 heterocycles. The predicted octanol–water partition coefficient (Wildman–Crippen LogP) is 4.77. The normalized spacial score (nSPS) is 21.9. The second-order valence-corrected chi connectivity index (χ2v) is 9.11. The number of ether oxygens (including phenoxy) is 1. The lowest BCUT2D eigenvalue weighted by molar-refractivity contribution is -0.117. The second-order valence-electron chi connectivity index (χ2n) is 9.11. The van der Waals surface area contributed by atoms with E-state index in [1.165, 1.54) is 12.0 Å². The molecule has 1 aliphatic heterocycles. The van der Waals surface area contributed by atoms with E-state index in [9.17, 15) is 10.1 Å². The summed E-state index contributed by atoms with van der Waals surface area (Å²) in [6.45, 7) is 6.72. The Balaban J connectivity index is 1.94. The number of nitrogens with zero attached hydrogens (tertiary/aromatic N) is 2. The van der Waals surface area contributed by atoms with Gasteiger partial charge in [0.15, 0.2) is 0 Å². The Morgan fingerprint density at radius 1 is 1.31 bits per heavy atom. The second kappa shape index (κ2) is 8.49. The molecule has 0 saturated heterocycles. The topological polar surface area (TPSA) is 65.4 Å². The average molecular weight is 396 g/mol. The zero-order valence-electron chi connectivity index (χ0n) is 18.3. The highest BCUT2D eigenvalue weighted by atomic mass is 16.5. The summed E-state index contributed by atoms with van der Waals surface area (Å²) < 4.78 is 5.63. The van der Waals surface area contributed by atoms with Gasteiger partial charge in [0.05, 0.1) is 7.11 Å². The monoisotopic (exact) mass is 395 g/mol. The first-order valence-electron chi connectivity index (χ1n) is 10.6. The third-order valence-corrected chi connectivity index (χ3v) is 6.59. The molecule has 0 bridgehead atoms. The number of methoxy groups -OCH3 is 1. The minimum Gasteiger partial charge on any atom is -0.496 e. The number of amides is 1. The van der Waals surface area contributed by atoms with E-state index in [0.29, 0.717) is 11.7 Å². The van der Waals surface area contributed by atoms with Gasteiger partial charge in [-0.05, 0) is 56.7 Å². The lowest BCUT2D eigenvalue weighted by Gasteiger charge is -2.45. The Morgan fingerprint density at radius 2 is 2.00 bits per heavy atom. The van der Waals surface area contributed by atoms with E-state index in [4.69, 9.17) is 4.74 Å². The van der Waals surface area contributed by atoms with Gasteiger partial charge in [0, 0.05) is 35.9 Å². The van der Waals surface area contributed by atoms with Crippen LogP contribution in [-0.2, 0) is 4.79 Å². The van der Waals surface area contributed by atoms with Crippen LogP contribution < -0.4 is 15.0 Å². The highest BCUT2D eigenvalue weighted by molar-refractivity contribution is 6.02. The van der Waals surface area contributed by atoms with Crippen LogP contribution in [0.5, 0.6) is 5.75 Å². The molecule has 5 nitrogen and oxygen atoms in total. The summed E-state index contributed by atoms with van der Waals surface area (Å²) in [7, 11) is 3.74. The van der Waals surface area contributed by atoms with E-state index in [1.807, 2.05) is 6.07 Å². The van der Waals surface area contributed by atoms with Crippen molar-refractivity contribution in [1.29, 1.82) is 5.26 Å². The SMILES string of the molecule is COc1cc2c(cc1/C=C(\C#N)C(=O)NC1CCCCC1)C(C)CC(C)(C)N2C. The maximum atomic E-state index is 12.7. The molecule has 1 aliphatic carbocycles. The summed E-state index contributed by atoms with van der Waals surface area (Å²) in [5.41, 5.74) is 3.34. The van der Waals surface area contributed by atoms with Crippen LogP contribution in [0.2, 0.25) is 0 Å². The van der Waals surface area contributed by atoms with Crippen LogP contribution in [-0.4, -0.2) is 31.6 Å². The van der Waals surface area contributed by atoms with Gasteiger partial charge in [-0.1, -0.05) is 26.2 Å². The first-order chi connectivity index (χ1) is 13.8. The molecule has 0 radical (unpaired) electrons. The van der Waals surface area contributed by atoms with Crippen molar-refractivity contribution in [1.82, 2.24) is 5.32 Å². The molecule has 1 amide bonds. The van der Waals surface area contributed by atoms with Crippen molar-refractivity contribution in [2.45, 2.75) is 76.8 Å². The Bertz CT molecular complexity index is 844. The molecule has 29 heavy (non-hydrogen) atoms. The van der Waals surface area contributed by atoms with E-state index in [-0.39, 0.29) is 23.1 Å². The molecule has 0 aromatic heterocycles. The van der Waals surface area contributed by atoms with Gasteiger partial charge in [0.25, 0.3) is 5.91 Å². The molecular formula is C24H33N3O2. The van der Waals surface area contributed by atoms with Gasteiger partial charge in [0.2, 0.25) is 0 Å². The van der Waals surface area contributed by atoms with Crippen LogP contribution in [0.25, 0.3) is 6.08 Å². The van der Waals surface area contributed by atoms with E-state index >= 15 is 0 Å².